The number of rotatable bonds is 6. The fraction of sp³-hybridized carbons (Fsp3) is 0.167. The summed E-state index contributed by atoms with van der Waals surface area (Å²) in [4.78, 5) is 36.2. The second-order valence-corrected chi connectivity index (χ2v) is 5.69. The lowest BCUT2D eigenvalue weighted by atomic mass is 10.0. The van der Waals surface area contributed by atoms with Crippen molar-refractivity contribution in [2.45, 2.75) is 12.5 Å². The van der Waals surface area contributed by atoms with Crippen LogP contribution in [0.5, 0.6) is 0 Å². The summed E-state index contributed by atoms with van der Waals surface area (Å²) in [5.41, 5.74) is 0.860. The molecule has 2 rings (SSSR count). The average Bonchev–Trinajstić information content (AvgIpc) is 2.62. The van der Waals surface area contributed by atoms with Gasteiger partial charge in [-0.15, -0.1) is 0 Å². The molecule has 0 aliphatic carbocycles. The summed E-state index contributed by atoms with van der Waals surface area (Å²) in [6, 6.07) is 11.4. The first kappa shape index (κ1) is 18.6. The first-order valence-electron chi connectivity index (χ1n) is 7.46. The van der Waals surface area contributed by atoms with Crippen molar-refractivity contribution in [3.63, 3.8) is 0 Å². The normalized spacial score (nSPS) is 11.5. The lowest BCUT2D eigenvalue weighted by Crippen LogP contribution is -2.42. The number of amides is 2. The fourth-order valence-electron chi connectivity index (χ4n) is 2.22. The molecule has 0 fully saturated rings. The van der Waals surface area contributed by atoms with Crippen LogP contribution in [-0.4, -0.2) is 24.6 Å². The molecule has 0 aromatic heterocycles. The van der Waals surface area contributed by atoms with Crippen molar-refractivity contribution in [3.05, 3.63) is 70.5 Å². The minimum Gasteiger partial charge on any atom is -0.357 e. The van der Waals surface area contributed by atoms with Crippen LogP contribution in [0.4, 0.5) is 4.39 Å². The SMILES string of the molecule is CNC(=O)C(NC(=O)C(=O)Cc1ccc(Cl)c(F)c1)c1ccccc1. The number of carbonyl (C=O) groups excluding carboxylic acids is 3. The van der Waals surface area contributed by atoms with E-state index in [1.165, 1.54) is 19.2 Å². The van der Waals surface area contributed by atoms with E-state index in [-0.39, 0.29) is 11.4 Å². The second kappa shape index (κ2) is 8.39. The molecule has 2 aromatic rings. The van der Waals surface area contributed by atoms with Gasteiger partial charge < -0.3 is 10.6 Å². The number of ketones is 1. The number of hydrogen-bond acceptors (Lipinski definition) is 3. The lowest BCUT2D eigenvalue weighted by molar-refractivity contribution is -0.139. The van der Waals surface area contributed by atoms with E-state index in [0.717, 1.165) is 6.07 Å². The number of hydrogen-bond donors (Lipinski definition) is 2. The summed E-state index contributed by atoms with van der Waals surface area (Å²) >= 11 is 5.58. The smallest absolute Gasteiger partial charge is 0.288 e. The van der Waals surface area contributed by atoms with Gasteiger partial charge in [0, 0.05) is 13.5 Å². The van der Waals surface area contributed by atoms with Crippen LogP contribution in [0.15, 0.2) is 48.5 Å². The van der Waals surface area contributed by atoms with Crippen LogP contribution in [-0.2, 0) is 20.8 Å². The van der Waals surface area contributed by atoms with Crippen molar-refractivity contribution in [2.24, 2.45) is 0 Å². The quantitative estimate of drug-likeness (QED) is 0.773. The number of benzene rings is 2. The fourth-order valence-corrected chi connectivity index (χ4v) is 2.33. The largest absolute Gasteiger partial charge is 0.357 e. The van der Waals surface area contributed by atoms with E-state index < -0.39 is 29.5 Å². The van der Waals surface area contributed by atoms with Gasteiger partial charge in [-0.1, -0.05) is 48.0 Å². The highest BCUT2D eigenvalue weighted by Gasteiger charge is 2.25. The highest BCUT2D eigenvalue weighted by Crippen LogP contribution is 2.16. The molecular weight excluding hydrogens is 347 g/mol. The van der Waals surface area contributed by atoms with Crippen LogP contribution < -0.4 is 10.6 Å². The third-order valence-electron chi connectivity index (χ3n) is 3.52. The second-order valence-electron chi connectivity index (χ2n) is 5.28. The Balaban J connectivity index is 2.10. The van der Waals surface area contributed by atoms with Gasteiger partial charge in [-0.05, 0) is 23.3 Å². The van der Waals surface area contributed by atoms with E-state index in [9.17, 15) is 18.8 Å². The molecular formula is C18H16ClFN2O3. The van der Waals surface area contributed by atoms with E-state index in [4.69, 9.17) is 11.6 Å². The summed E-state index contributed by atoms with van der Waals surface area (Å²) in [6.45, 7) is 0. The van der Waals surface area contributed by atoms with Crippen molar-refractivity contribution < 1.29 is 18.8 Å². The van der Waals surface area contributed by atoms with Crippen LogP contribution in [0.3, 0.4) is 0 Å². The van der Waals surface area contributed by atoms with Crippen LogP contribution in [0.2, 0.25) is 5.02 Å². The van der Waals surface area contributed by atoms with Gasteiger partial charge in [0.1, 0.15) is 11.9 Å². The standard InChI is InChI=1S/C18H16ClFN2O3/c1-21-18(25)16(12-5-3-2-4-6-12)22-17(24)15(23)10-11-7-8-13(19)14(20)9-11/h2-9,16H,10H2,1H3,(H,21,25)(H,22,24). The molecule has 1 unspecified atom stereocenters. The molecule has 0 saturated carbocycles. The van der Waals surface area contributed by atoms with Crippen molar-refractivity contribution in [1.82, 2.24) is 10.6 Å². The number of halogens is 2. The Bertz CT molecular complexity index is 796. The summed E-state index contributed by atoms with van der Waals surface area (Å²) in [6.07, 6.45) is -0.296. The Morgan fingerprint density at radius 1 is 1.12 bits per heavy atom. The summed E-state index contributed by atoms with van der Waals surface area (Å²) in [7, 11) is 1.43. The van der Waals surface area contributed by atoms with Gasteiger partial charge in [-0.25, -0.2) is 4.39 Å². The zero-order valence-electron chi connectivity index (χ0n) is 13.4. The molecule has 2 aromatic carbocycles. The van der Waals surface area contributed by atoms with E-state index in [1.807, 2.05) is 0 Å². The topological polar surface area (TPSA) is 75.3 Å². The first-order chi connectivity index (χ1) is 11.9. The van der Waals surface area contributed by atoms with Crippen LogP contribution >= 0.6 is 11.6 Å². The predicted octanol–water partition coefficient (Wildman–Crippen LogP) is 2.19. The van der Waals surface area contributed by atoms with Gasteiger partial charge in [0.15, 0.2) is 0 Å². The maximum Gasteiger partial charge on any atom is 0.288 e. The van der Waals surface area contributed by atoms with Crippen molar-refractivity contribution in [3.8, 4) is 0 Å². The zero-order valence-corrected chi connectivity index (χ0v) is 14.1. The van der Waals surface area contributed by atoms with Gasteiger partial charge >= 0.3 is 0 Å². The summed E-state index contributed by atoms with van der Waals surface area (Å²) in [5, 5.41) is 4.79. The van der Waals surface area contributed by atoms with Gasteiger partial charge in [-0.2, -0.15) is 0 Å². The first-order valence-corrected chi connectivity index (χ1v) is 7.84. The molecule has 0 aliphatic rings. The van der Waals surface area contributed by atoms with Crippen molar-refractivity contribution >= 4 is 29.2 Å². The molecule has 130 valence electrons. The highest BCUT2D eigenvalue weighted by atomic mass is 35.5. The van der Waals surface area contributed by atoms with E-state index >= 15 is 0 Å². The maximum absolute atomic E-state index is 13.4. The van der Waals surface area contributed by atoms with E-state index in [0.29, 0.717) is 11.1 Å². The molecule has 5 nitrogen and oxygen atoms in total. The van der Waals surface area contributed by atoms with Gasteiger partial charge in [0.05, 0.1) is 5.02 Å². The van der Waals surface area contributed by atoms with Gasteiger partial charge in [-0.3, -0.25) is 14.4 Å². The zero-order chi connectivity index (χ0) is 18.4. The van der Waals surface area contributed by atoms with Crippen LogP contribution in [0, 0.1) is 5.82 Å². The monoisotopic (exact) mass is 362 g/mol. The molecule has 0 saturated heterocycles. The molecule has 0 aliphatic heterocycles. The third kappa shape index (κ3) is 4.87. The van der Waals surface area contributed by atoms with Crippen molar-refractivity contribution in [1.29, 1.82) is 0 Å². The number of Topliss-reactive ketones (excluding diaryl/α,β-unsaturated/α-hetero) is 1. The highest BCUT2D eigenvalue weighted by molar-refractivity contribution is 6.37. The maximum atomic E-state index is 13.4. The molecule has 0 heterocycles. The molecule has 7 heteroatoms. The van der Waals surface area contributed by atoms with Gasteiger partial charge in [0.25, 0.3) is 5.91 Å². The number of carbonyl (C=O) groups is 3. The van der Waals surface area contributed by atoms with Gasteiger partial charge in [0.2, 0.25) is 11.7 Å². The van der Waals surface area contributed by atoms with E-state index in [1.54, 1.807) is 30.3 Å². The molecule has 0 spiro atoms. The van der Waals surface area contributed by atoms with Crippen LogP contribution in [0.25, 0.3) is 0 Å². The minimum atomic E-state index is -0.996. The Hall–Kier alpha value is -2.73. The molecule has 1 atom stereocenters. The summed E-state index contributed by atoms with van der Waals surface area (Å²) in [5.74, 6) is -2.83. The Kier molecular flexibility index (Phi) is 6.25. The average molecular weight is 363 g/mol. The number of nitrogens with one attached hydrogen (secondary N) is 2. The Morgan fingerprint density at radius 2 is 1.80 bits per heavy atom. The number of likely N-dealkylation sites (N-methyl/N-ethyl adjacent to an activating group) is 1. The Labute approximate surface area is 149 Å². The molecule has 0 radical (unpaired) electrons. The Morgan fingerprint density at radius 3 is 2.40 bits per heavy atom. The minimum absolute atomic E-state index is 0.0654. The molecule has 25 heavy (non-hydrogen) atoms. The molecule has 2 amide bonds. The molecule has 0 bridgehead atoms. The predicted molar refractivity (Wildman–Crippen MR) is 91.5 cm³/mol. The summed E-state index contributed by atoms with van der Waals surface area (Å²) < 4.78 is 13.4. The lowest BCUT2D eigenvalue weighted by Gasteiger charge is -2.17. The van der Waals surface area contributed by atoms with Crippen molar-refractivity contribution in [2.75, 3.05) is 7.05 Å². The van der Waals surface area contributed by atoms with E-state index in [2.05, 4.69) is 10.6 Å². The molecule has 2 N–H and O–H groups in total. The third-order valence-corrected chi connectivity index (χ3v) is 3.83. The van der Waals surface area contributed by atoms with Crippen LogP contribution in [0.1, 0.15) is 17.2 Å².